The molecular formula is C7H7BrCl2N2O. The van der Waals surface area contributed by atoms with Gasteiger partial charge in [0.1, 0.15) is 10.5 Å². The predicted molar refractivity (Wildman–Crippen MR) is 56.3 cm³/mol. The molecule has 0 saturated heterocycles. The fraction of sp³-hybridized carbons (Fsp3) is 0.286. The van der Waals surface area contributed by atoms with Gasteiger partial charge in [-0.05, 0) is 22.0 Å². The average Bonchev–Trinajstić information content (AvgIpc) is 2.47. The first kappa shape index (κ1) is 10.9. The van der Waals surface area contributed by atoms with Gasteiger partial charge in [0, 0.05) is 17.2 Å². The Morgan fingerprint density at radius 2 is 2.38 bits per heavy atom. The zero-order valence-electron chi connectivity index (χ0n) is 6.48. The van der Waals surface area contributed by atoms with Crippen LogP contribution in [0.15, 0.2) is 16.7 Å². The van der Waals surface area contributed by atoms with Crippen LogP contribution in [-0.4, -0.2) is 22.3 Å². The van der Waals surface area contributed by atoms with E-state index in [0.717, 1.165) is 4.47 Å². The number of hydrogen-bond acceptors (Lipinski definition) is 1. The number of nitrogens with one attached hydrogen (secondary N) is 2. The number of aromatic amines is 1. The lowest BCUT2D eigenvalue weighted by Gasteiger charge is -2.02. The highest BCUT2D eigenvalue weighted by atomic mass is 79.9. The maximum absolute atomic E-state index is 11.3. The summed E-state index contributed by atoms with van der Waals surface area (Å²) in [6.07, 6.45) is 1.67. The molecule has 0 unspecified atom stereocenters. The maximum atomic E-state index is 11.3. The van der Waals surface area contributed by atoms with Gasteiger partial charge >= 0.3 is 0 Å². The summed E-state index contributed by atoms with van der Waals surface area (Å²) in [5.74, 6) is -0.225. The molecule has 1 amide bonds. The summed E-state index contributed by atoms with van der Waals surface area (Å²) in [5.41, 5.74) is 0.473. The van der Waals surface area contributed by atoms with E-state index >= 15 is 0 Å². The topological polar surface area (TPSA) is 44.9 Å². The molecule has 0 radical (unpaired) electrons. The Morgan fingerprint density at radius 1 is 1.69 bits per heavy atom. The number of alkyl halides is 2. The third-order valence-corrected chi connectivity index (χ3v) is 2.08. The molecule has 1 aromatic rings. The molecule has 72 valence electrons. The number of carbonyl (C=O) groups is 1. The first-order chi connectivity index (χ1) is 6.09. The summed E-state index contributed by atoms with van der Waals surface area (Å²) in [6.45, 7) is 0.235. The van der Waals surface area contributed by atoms with E-state index < -0.39 is 4.84 Å². The van der Waals surface area contributed by atoms with Crippen LogP contribution in [0.25, 0.3) is 0 Å². The van der Waals surface area contributed by atoms with Crippen molar-refractivity contribution in [1.82, 2.24) is 10.3 Å². The van der Waals surface area contributed by atoms with Crippen molar-refractivity contribution in [3.8, 4) is 0 Å². The van der Waals surface area contributed by atoms with Gasteiger partial charge in [-0.2, -0.15) is 0 Å². The molecule has 0 saturated carbocycles. The van der Waals surface area contributed by atoms with Crippen molar-refractivity contribution in [2.75, 3.05) is 6.54 Å². The minimum absolute atomic E-state index is 0.225. The Kier molecular flexibility index (Phi) is 4.09. The average molecular weight is 286 g/mol. The van der Waals surface area contributed by atoms with Crippen LogP contribution in [0.5, 0.6) is 0 Å². The van der Waals surface area contributed by atoms with Crippen molar-refractivity contribution >= 4 is 45.0 Å². The SMILES string of the molecule is O=C(NCC(Cl)Cl)c1cc(Br)c[nH]1. The van der Waals surface area contributed by atoms with Gasteiger partial charge in [0.25, 0.3) is 5.91 Å². The molecular weight excluding hydrogens is 279 g/mol. The number of H-pyrrole nitrogens is 1. The van der Waals surface area contributed by atoms with Crippen molar-refractivity contribution in [1.29, 1.82) is 0 Å². The van der Waals surface area contributed by atoms with Crippen molar-refractivity contribution in [2.24, 2.45) is 0 Å². The summed E-state index contributed by atoms with van der Waals surface area (Å²) in [7, 11) is 0. The van der Waals surface area contributed by atoms with Crippen LogP contribution in [-0.2, 0) is 0 Å². The molecule has 0 fully saturated rings. The van der Waals surface area contributed by atoms with Gasteiger partial charge in [-0.15, -0.1) is 23.2 Å². The van der Waals surface area contributed by atoms with Crippen LogP contribution >= 0.6 is 39.1 Å². The molecule has 1 rings (SSSR count). The van der Waals surface area contributed by atoms with Crippen LogP contribution in [0, 0.1) is 0 Å². The zero-order chi connectivity index (χ0) is 9.84. The fourth-order valence-corrected chi connectivity index (χ4v) is 1.26. The summed E-state index contributed by atoms with van der Waals surface area (Å²) < 4.78 is 0.825. The van der Waals surface area contributed by atoms with Crippen molar-refractivity contribution in [2.45, 2.75) is 4.84 Å². The molecule has 1 aromatic heterocycles. The summed E-state index contributed by atoms with van der Waals surface area (Å²) in [6, 6.07) is 1.67. The fourth-order valence-electron chi connectivity index (χ4n) is 0.764. The lowest BCUT2D eigenvalue weighted by Crippen LogP contribution is -2.27. The second-order valence-corrected chi connectivity index (χ2v) is 4.53. The summed E-state index contributed by atoms with van der Waals surface area (Å²) in [5, 5.41) is 2.56. The summed E-state index contributed by atoms with van der Waals surface area (Å²) >= 11 is 14.1. The van der Waals surface area contributed by atoms with Crippen LogP contribution in [0.4, 0.5) is 0 Å². The van der Waals surface area contributed by atoms with Crippen molar-refractivity contribution in [3.63, 3.8) is 0 Å². The highest BCUT2D eigenvalue weighted by Crippen LogP contribution is 2.10. The first-order valence-corrected chi connectivity index (χ1v) is 5.16. The quantitative estimate of drug-likeness (QED) is 0.823. The van der Waals surface area contributed by atoms with Gasteiger partial charge in [-0.25, -0.2) is 0 Å². The van der Waals surface area contributed by atoms with E-state index in [1.165, 1.54) is 0 Å². The molecule has 0 aromatic carbocycles. The Morgan fingerprint density at radius 3 is 2.85 bits per heavy atom. The minimum Gasteiger partial charge on any atom is -0.356 e. The number of aromatic nitrogens is 1. The van der Waals surface area contributed by atoms with Gasteiger partial charge in [-0.1, -0.05) is 0 Å². The first-order valence-electron chi connectivity index (χ1n) is 3.50. The third kappa shape index (κ3) is 3.58. The van der Waals surface area contributed by atoms with Crippen LogP contribution in [0.3, 0.4) is 0 Å². The van der Waals surface area contributed by atoms with E-state index in [1.807, 2.05) is 0 Å². The largest absolute Gasteiger partial charge is 0.356 e. The highest BCUT2D eigenvalue weighted by Gasteiger charge is 2.08. The van der Waals surface area contributed by atoms with E-state index in [2.05, 4.69) is 26.2 Å². The molecule has 3 nitrogen and oxygen atoms in total. The molecule has 2 N–H and O–H groups in total. The van der Waals surface area contributed by atoms with Crippen LogP contribution in [0.2, 0.25) is 0 Å². The molecule has 6 heteroatoms. The Hall–Kier alpha value is -0.190. The van der Waals surface area contributed by atoms with E-state index in [1.54, 1.807) is 12.3 Å². The lowest BCUT2D eigenvalue weighted by atomic mass is 10.4. The van der Waals surface area contributed by atoms with E-state index in [0.29, 0.717) is 5.69 Å². The number of hydrogen-bond donors (Lipinski definition) is 2. The van der Waals surface area contributed by atoms with E-state index in [9.17, 15) is 4.79 Å². The monoisotopic (exact) mass is 284 g/mol. The molecule has 0 aliphatic carbocycles. The molecule has 0 aliphatic heterocycles. The smallest absolute Gasteiger partial charge is 0.267 e. The molecule has 0 spiro atoms. The second kappa shape index (κ2) is 4.88. The molecule has 0 aliphatic rings. The Balaban J connectivity index is 2.49. The Labute approximate surface area is 93.9 Å². The van der Waals surface area contributed by atoms with Crippen LogP contribution in [0.1, 0.15) is 10.5 Å². The number of amides is 1. The molecule has 13 heavy (non-hydrogen) atoms. The Bertz CT molecular complexity index is 300. The minimum atomic E-state index is -0.581. The summed E-state index contributed by atoms with van der Waals surface area (Å²) in [4.78, 5) is 13.5. The third-order valence-electron chi connectivity index (χ3n) is 1.31. The van der Waals surface area contributed by atoms with Crippen molar-refractivity contribution in [3.05, 3.63) is 22.4 Å². The molecule has 0 bridgehead atoms. The standard InChI is InChI=1S/C7H7BrCl2N2O/c8-4-1-5(11-2-4)7(13)12-3-6(9)10/h1-2,6,11H,3H2,(H,12,13). The van der Waals surface area contributed by atoms with Gasteiger partial charge in [0.15, 0.2) is 0 Å². The lowest BCUT2D eigenvalue weighted by molar-refractivity contribution is 0.0951. The molecule has 1 heterocycles. The zero-order valence-corrected chi connectivity index (χ0v) is 9.58. The number of carbonyl (C=O) groups excluding carboxylic acids is 1. The van der Waals surface area contributed by atoms with Crippen molar-refractivity contribution < 1.29 is 4.79 Å². The van der Waals surface area contributed by atoms with Gasteiger partial charge in [0.2, 0.25) is 0 Å². The molecule has 0 atom stereocenters. The number of halogens is 3. The predicted octanol–water partition coefficient (Wildman–Crippen LogP) is 2.31. The van der Waals surface area contributed by atoms with Gasteiger partial charge in [0.05, 0.1) is 0 Å². The van der Waals surface area contributed by atoms with Gasteiger partial charge < -0.3 is 10.3 Å². The highest BCUT2D eigenvalue weighted by molar-refractivity contribution is 9.10. The number of rotatable bonds is 3. The van der Waals surface area contributed by atoms with Crippen LogP contribution < -0.4 is 5.32 Å². The normalized spacial score (nSPS) is 10.5. The second-order valence-electron chi connectivity index (χ2n) is 2.33. The van der Waals surface area contributed by atoms with Gasteiger partial charge in [-0.3, -0.25) is 4.79 Å². The van der Waals surface area contributed by atoms with E-state index in [4.69, 9.17) is 23.2 Å². The van der Waals surface area contributed by atoms with E-state index in [-0.39, 0.29) is 12.5 Å². The maximum Gasteiger partial charge on any atom is 0.267 e.